The maximum absolute atomic E-state index is 10.9. The molecule has 0 rings (SSSR count). The van der Waals surface area contributed by atoms with Crippen LogP contribution in [0.15, 0.2) is 12.7 Å². The molecule has 0 bridgehead atoms. The Morgan fingerprint density at radius 1 is 1.64 bits per heavy atom. The van der Waals surface area contributed by atoms with E-state index in [-0.39, 0.29) is 10.4 Å². The first-order valence-corrected chi connectivity index (χ1v) is 5.25. The number of carbonyl (C=O) groups excluding carboxylic acids is 1. The molecule has 0 aliphatic rings. The lowest BCUT2D eigenvalue weighted by atomic mass is 10.3. The zero-order valence-corrected chi connectivity index (χ0v) is 9.66. The Kier molecular flexibility index (Phi) is 6.08. The number of allylic oxidation sites excluding steroid dienone is 1. The fraction of sp³-hybridized carbons (Fsp3) is 0.625. The second-order valence-electron chi connectivity index (χ2n) is 3.22. The van der Waals surface area contributed by atoms with E-state index in [1.165, 1.54) is 13.2 Å². The van der Waals surface area contributed by atoms with Crippen LogP contribution in [0.2, 0.25) is 0 Å². The highest BCUT2D eigenvalue weighted by molar-refractivity contribution is 7.40. The van der Waals surface area contributed by atoms with Crippen molar-refractivity contribution >= 4 is 14.4 Å². The summed E-state index contributed by atoms with van der Waals surface area (Å²) in [6.07, 6.45) is 1.61. The van der Waals surface area contributed by atoms with Crippen LogP contribution in [0, 0.1) is 0 Å². The minimum absolute atomic E-state index is 0.0421. The molecule has 1 N–H and O–H groups in total. The molecular weight excluding hydrogens is 205 g/mol. The van der Waals surface area contributed by atoms with Gasteiger partial charge < -0.3 is 9.42 Å². The van der Waals surface area contributed by atoms with Crippen molar-refractivity contribution in [3.63, 3.8) is 0 Å². The maximum atomic E-state index is 10.9. The van der Waals surface area contributed by atoms with E-state index in [0.29, 0.717) is 13.0 Å². The van der Waals surface area contributed by atoms with Gasteiger partial charge in [0.1, 0.15) is 6.54 Å². The van der Waals surface area contributed by atoms with Gasteiger partial charge in [0, 0.05) is 7.11 Å². The highest BCUT2D eigenvalue weighted by Gasteiger charge is 2.24. The van der Waals surface area contributed by atoms with Crippen LogP contribution in [0.3, 0.4) is 0 Å². The Bertz CT molecular complexity index is 208. The van der Waals surface area contributed by atoms with Gasteiger partial charge in [-0.1, -0.05) is 6.58 Å². The second kappa shape index (κ2) is 6.22. The van der Waals surface area contributed by atoms with Gasteiger partial charge in [-0.05, 0) is 6.08 Å². The van der Waals surface area contributed by atoms with Gasteiger partial charge in [0.2, 0.25) is 0 Å². The number of hydrogen-bond donors (Lipinski definition) is 1. The minimum atomic E-state index is -1.87. The normalized spacial score (nSPS) is 13.7. The Morgan fingerprint density at radius 3 is 2.64 bits per heavy atom. The number of ketones is 1. The van der Waals surface area contributed by atoms with Crippen LogP contribution < -0.4 is 0 Å². The van der Waals surface area contributed by atoms with Gasteiger partial charge in [-0.15, -0.1) is 4.62 Å². The zero-order valence-electron chi connectivity index (χ0n) is 8.77. The number of hydroxylamine groups is 3. The summed E-state index contributed by atoms with van der Waals surface area (Å²) >= 11 is 0. The van der Waals surface area contributed by atoms with Crippen LogP contribution in [-0.2, 0) is 13.9 Å². The molecule has 0 saturated heterocycles. The van der Waals surface area contributed by atoms with E-state index >= 15 is 0 Å². The topological polar surface area (TPSA) is 55.8 Å². The quantitative estimate of drug-likeness (QED) is 0.302. The molecule has 1 unspecified atom stereocenters. The predicted octanol–water partition coefficient (Wildman–Crippen LogP) is 1.01. The molecule has 14 heavy (non-hydrogen) atoms. The number of hydrogen-bond acceptors (Lipinski definition) is 4. The molecule has 6 heteroatoms. The molecule has 5 nitrogen and oxygen atoms in total. The molecule has 0 aromatic heterocycles. The highest BCUT2D eigenvalue weighted by Crippen LogP contribution is 2.34. The molecule has 0 saturated carbocycles. The molecule has 0 aliphatic carbocycles. The zero-order chi connectivity index (χ0) is 11.2. The Balaban J connectivity index is 3.94. The van der Waals surface area contributed by atoms with Gasteiger partial charge in [-0.3, -0.25) is 4.79 Å². The lowest BCUT2D eigenvalue weighted by Gasteiger charge is -2.26. The van der Waals surface area contributed by atoms with E-state index in [0.717, 1.165) is 0 Å². The summed E-state index contributed by atoms with van der Waals surface area (Å²) in [4.78, 5) is 20.1. The standard InChI is InChI=1S/C8H17NO4P/c1-5-8(10)6-7-9(2,3)13-14(11)12-4/h5,11H,1,6-7H2,2-4H3/q+1. The first-order valence-electron chi connectivity index (χ1n) is 4.12. The maximum Gasteiger partial charge on any atom is 0.388 e. The van der Waals surface area contributed by atoms with Crippen molar-refractivity contribution in [1.29, 1.82) is 0 Å². The van der Waals surface area contributed by atoms with Gasteiger partial charge in [-0.25, -0.2) is 0 Å². The second-order valence-corrected chi connectivity index (χ2v) is 4.22. The molecular formula is C8H17NO4P+. The SMILES string of the molecule is C=CC(=O)CC[N+](C)(C)OP(O)OC. The van der Waals surface area contributed by atoms with Crippen molar-refractivity contribution in [1.82, 2.24) is 0 Å². The smallest absolute Gasteiger partial charge is 0.324 e. The molecule has 0 radical (unpaired) electrons. The third kappa shape index (κ3) is 6.18. The van der Waals surface area contributed by atoms with Gasteiger partial charge in [-0.2, -0.15) is 4.65 Å². The minimum Gasteiger partial charge on any atom is -0.324 e. The van der Waals surface area contributed by atoms with Crippen LogP contribution in [0.1, 0.15) is 6.42 Å². The largest absolute Gasteiger partial charge is 0.388 e. The molecule has 0 aromatic carbocycles. The average Bonchev–Trinajstić information content (AvgIpc) is 2.13. The van der Waals surface area contributed by atoms with E-state index in [4.69, 9.17) is 9.52 Å². The summed E-state index contributed by atoms with van der Waals surface area (Å²) < 4.78 is 9.81. The molecule has 1 atom stereocenters. The van der Waals surface area contributed by atoms with E-state index in [9.17, 15) is 4.79 Å². The summed E-state index contributed by atoms with van der Waals surface area (Å²) in [5.74, 6) is -0.0421. The summed E-state index contributed by atoms with van der Waals surface area (Å²) in [6.45, 7) is 3.84. The van der Waals surface area contributed by atoms with Crippen molar-refractivity contribution in [3.05, 3.63) is 12.7 Å². The first kappa shape index (κ1) is 13.7. The average molecular weight is 222 g/mol. The van der Waals surface area contributed by atoms with Gasteiger partial charge >= 0.3 is 8.60 Å². The molecule has 0 amide bonds. The van der Waals surface area contributed by atoms with Crippen LogP contribution in [0.25, 0.3) is 0 Å². The van der Waals surface area contributed by atoms with Gasteiger partial charge in [0.25, 0.3) is 0 Å². The summed E-state index contributed by atoms with van der Waals surface area (Å²) in [7, 11) is 2.97. The Morgan fingerprint density at radius 2 is 2.21 bits per heavy atom. The van der Waals surface area contributed by atoms with Crippen LogP contribution in [-0.4, -0.2) is 43.1 Å². The molecule has 82 valence electrons. The number of carbonyl (C=O) groups is 1. The number of quaternary nitrogens is 1. The van der Waals surface area contributed by atoms with Crippen LogP contribution in [0.5, 0.6) is 0 Å². The monoisotopic (exact) mass is 222 g/mol. The van der Waals surface area contributed by atoms with Crippen molar-refractivity contribution in [3.8, 4) is 0 Å². The fourth-order valence-electron chi connectivity index (χ4n) is 0.745. The van der Waals surface area contributed by atoms with Crippen molar-refractivity contribution < 1.29 is 23.5 Å². The Labute approximate surface area is 85.5 Å². The van der Waals surface area contributed by atoms with Crippen molar-refractivity contribution in [2.45, 2.75) is 6.42 Å². The third-order valence-corrected chi connectivity index (χ3v) is 2.47. The van der Waals surface area contributed by atoms with E-state index in [1.54, 1.807) is 14.1 Å². The van der Waals surface area contributed by atoms with E-state index in [1.807, 2.05) is 0 Å². The number of nitrogens with zero attached hydrogens (tertiary/aromatic N) is 1. The molecule has 0 spiro atoms. The predicted molar refractivity (Wildman–Crippen MR) is 54.0 cm³/mol. The van der Waals surface area contributed by atoms with Gasteiger partial charge in [0.15, 0.2) is 5.78 Å². The molecule has 0 aliphatic heterocycles. The molecule has 0 heterocycles. The highest BCUT2D eigenvalue weighted by atomic mass is 31.2. The number of rotatable bonds is 7. The third-order valence-electron chi connectivity index (χ3n) is 1.57. The molecule has 0 fully saturated rings. The summed E-state index contributed by atoms with van der Waals surface area (Å²) in [6, 6.07) is 0. The lowest BCUT2D eigenvalue weighted by molar-refractivity contribution is -1.05. The molecule has 0 aromatic rings. The summed E-state index contributed by atoms with van der Waals surface area (Å²) in [5, 5.41) is 0. The van der Waals surface area contributed by atoms with Crippen LogP contribution >= 0.6 is 8.60 Å². The van der Waals surface area contributed by atoms with Crippen molar-refractivity contribution in [2.75, 3.05) is 27.7 Å². The van der Waals surface area contributed by atoms with Crippen molar-refractivity contribution in [2.24, 2.45) is 0 Å². The lowest BCUT2D eigenvalue weighted by Crippen LogP contribution is -2.39. The summed E-state index contributed by atoms with van der Waals surface area (Å²) in [5.41, 5.74) is 0. The fourth-order valence-corrected chi connectivity index (χ4v) is 1.27. The van der Waals surface area contributed by atoms with E-state index < -0.39 is 8.60 Å². The van der Waals surface area contributed by atoms with Crippen LogP contribution in [0.4, 0.5) is 0 Å². The Hall–Kier alpha value is -0.320. The van der Waals surface area contributed by atoms with Gasteiger partial charge in [0.05, 0.1) is 20.5 Å². The first-order chi connectivity index (χ1) is 6.41. The van der Waals surface area contributed by atoms with E-state index in [2.05, 4.69) is 11.1 Å².